The minimum absolute atomic E-state index is 0.0221. The normalized spacial score (nSPS) is 25.3. The van der Waals surface area contributed by atoms with Crippen LogP contribution in [-0.4, -0.2) is 59.8 Å². The summed E-state index contributed by atoms with van der Waals surface area (Å²) >= 11 is 1.53. The lowest BCUT2D eigenvalue weighted by Crippen LogP contribution is -2.41. The van der Waals surface area contributed by atoms with Crippen molar-refractivity contribution in [3.05, 3.63) is 41.2 Å². The molecule has 0 unspecified atom stereocenters. The van der Waals surface area contributed by atoms with Crippen LogP contribution < -0.4 is 4.90 Å². The van der Waals surface area contributed by atoms with Crippen LogP contribution in [0.15, 0.2) is 29.8 Å². The Bertz CT molecular complexity index is 768. The molecule has 25 heavy (non-hydrogen) atoms. The zero-order valence-electron chi connectivity index (χ0n) is 14.2. The fourth-order valence-corrected chi connectivity index (χ4v) is 4.66. The van der Waals surface area contributed by atoms with E-state index in [1.165, 1.54) is 17.4 Å². The standard InChI is InChI=1S/C17H20FN5OS/c1-21(2)17(24)23-8-12-7-22(16-20-19-10-25-16)9-14(12)15(23)11-4-3-5-13(18)6-11/h3-6,10,12,14-15H,7-9H2,1-2H3/t12-,14-,15+/m1/s1. The molecule has 2 aliphatic rings. The fraction of sp³-hybridized carbons (Fsp3) is 0.471. The Morgan fingerprint density at radius 1 is 1.32 bits per heavy atom. The van der Waals surface area contributed by atoms with Gasteiger partial charge >= 0.3 is 6.03 Å². The summed E-state index contributed by atoms with van der Waals surface area (Å²) in [6, 6.07) is 6.49. The summed E-state index contributed by atoms with van der Waals surface area (Å²) in [4.78, 5) is 18.4. The monoisotopic (exact) mass is 361 g/mol. The first-order valence-electron chi connectivity index (χ1n) is 8.29. The molecule has 0 bridgehead atoms. The summed E-state index contributed by atoms with van der Waals surface area (Å²) in [6.45, 7) is 2.33. The van der Waals surface area contributed by atoms with Gasteiger partial charge in [-0.25, -0.2) is 9.18 Å². The molecule has 2 amide bonds. The molecular formula is C17H20FN5OS. The van der Waals surface area contributed by atoms with Crippen LogP contribution in [0, 0.1) is 17.7 Å². The number of carbonyl (C=O) groups excluding carboxylic acids is 1. The maximum Gasteiger partial charge on any atom is 0.320 e. The highest BCUT2D eigenvalue weighted by atomic mass is 32.1. The third-order valence-electron chi connectivity index (χ3n) is 5.10. The molecule has 0 radical (unpaired) electrons. The van der Waals surface area contributed by atoms with E-state index in [0.29, 0.717) is 12.5 Å². The number of hydrogen-bond donors (Lipinski definition) is 0. The van der Waals surface area contributed by atoms with Gasteiger partial charge in [-0.3, -0.25) is 0 Å². The highest BCUT2D eigenvalue weighted by Crippen LogP contribution is 2.46. The highest BCUT2D eigenvalue weighted by Gasteiger charge is 2.50. The van der Waals surface area contributed by atoms with E-state index < -0.39 is 0 Å². The van der Waals surface area contributed by atoms with E-state index in [0.717, 1.165) is 23.8 Å². The summed E-state index contributed by atoms with van der Waals surface area (Å²) < 4.78 is 13.8. The van der Waals surface area contributed by atoms with Gasteiger partial charge in [-0.1, -0.05) is 23.5 Å². The van der Waals surface area contributed by atoms with Gasteiger partial charge < -0.3 is 14.7 Å². The van der Waals surface area contributed by atoms with Crippen molar-refractivity contribution in [2.24, 2.45) is 11.8 Å². The quantitative estimate of drug-likeness (QED) is 0.825. The van der Waals surface area contributed by atoms with E-state index in [1.807, 2.05) is 11.0 Å². The molecule has 2 saturated heterocycles. The van der Waals surface area contributed by atoms with E-state index in [1.54, 1.807) is 36.6 Å². The average molecular weight is 361 g/mol. The highest BCUT2D eigenvalue weighted by molar-refractivity contribution is 7.13. The smallest absolute Gasteiger partial charge is 0.320 e. The second-order valence-corrected chi connectivity index (χ2v) is 7.69. The molecule has 3 heterocycles. The summed E-state index contributed by atoms with van der Waals surface area (Å²) in [6.07, 6.45) is 0. The van der Waals surface area contributed by atoms with Crippen molar-refractivity contribution in [3.63, 3.8) is 0 Å². The zero-order chi connectivity index (χ0) is 17.6. The largest absolute Gasteiger partial charge is 0.346 e. The maximum absolute atomic E-state index is 13.8. The van der Waals surface area contributed by atoms with Crippen molar-refractivity contribution in [1.82, 2.24) is 20.0 Å². The third-order valence-corrected chi connectivity index (χ3v) is 5.85. The first-order valence-corrected chi connectivity index (χ1v) is 9.17. The van der Waals surface area contributed by atoms with Gasteiger partial charge in [0, 0.05) is 45.6 Å². The number of likely N-dealkylation sites (tertiary alicyclic amines) is 1. The van der Waals surface area contributed by atoms with Crippen molar-refractivity contribution in [2.45, 2.75) is 6.04 Å². The third kappa shape index (κ3) is 2.84. The minimum atomic E-state index is -0.267. The Kier molecular flexibility index (Phi) is 4.07. The molecule has 0 N–H and O–H groups in total. The minimum Gasteiger partial charge on any atom is -0.346 e. The molecule has 1 aromatic heterocycles. The van der Waals surface area contributed by atoms with Crippen LogP contribution in [0.3, 0.4) is 0 Å². The lowest BCUT2D eigenvalue weighted by molar-refractivity contribution is 0.159. The van der Waals surface area contributed by atoms with Crippen molar-refractivity contribution >= 4 is 22.5 Å². The predicted molar refractivity (Wildman–Crippen MR) is 94.0 cm³/mol. The van der Waals surface area contributed by atoms with Crippen LogP contribution in [0.5, 0.6) is 0 Å². The summed E-state index contributed by atoms with van der Waals surface area (Å²) in [7, 11) is 3.51. The summed E-state index contributed by atoms with van der Waals surface area (Å²) in [5.74, 6) is 0.341. The Morgan fingerprint density at radius 3 is 2.84 bits per heavy atom. The number of amides is 2. The number of urea groups is 1. The number of benzene rings is 1. The van der Waals surface area contributed by atoms with Crippen LogP contribution in [0.4, 0.5) is 14.3 Å². The van der Waals surface area contributed by atoms with Crippen molar-refractivity contribution in [3.8, 4) is 0 Å². The molecule has 0 spiro atoms. The molecule has 0 saturated carbocycles. The van der Waals surface area contributed by atoms with Crippen LogP contribution >= 0.6 is 11.3 Å². The molecule has 2 aromatic rings. The molecule has 0 aliphatic carbocycles. The molecule has 8 heteroatoms. The van der Waals surface area contributed by atoms with Gasteiger partial charge in [0.2, 0.25) is 5.13 Å². The SMILES string of the molecule is CN(C)C(=O)N1C[C@H]2CN(c3nncs3)C[C@H]2[C@@H]1c1cccc(F)c1. The number of aromatic nitrogens is 2. The van der Waals surface area contributed by atoms with Crippen molar-refractivity contribution < 1.29 is 9.18 Å². The van der Waals surface area contributed by atoms with E-state index in [9.17, 15) is 9.18 Å². The van der Waals surface area contributed by atoms with E-state index >= 15 is 0 Å². The van der Waals surface area contributed by atoms with E-state index in [-0.39, 0.29) is 23.8 Å². The second-order valence-electron chi connectivity index (χ2n) is 6.88. The number of halogens is 1. The second kappa shape index (κ2) is 6.25. The number of hydrogen-bond acceptors (Lipinski definition) is 5. The fourth-order valence-electron chi connectivity index (χ4n) is 4.08. The molecule has 1 aromatic carbocycles. The topological polar surface area (TPSA) is 52.6 Å². The summed E-state index contributed by atoms with van der Waals surface area (Å²) in [5, 5.41) is 9.00. The summed E-state index contributed by atoms with van der Waals surface area (Å²) in [5.41, 5.74) is 2.59. The zero-order valence-corrected chi connectivity index (χ0v) is 15.0. The molecule has 2 fully saturated rings. The van der Waals surface area contributed by atoms with E-state index in [2.05, 4.69) is 15.1 Å². The van der Waals surface area contributed by atoms with Crippen LogP contribution in [0.2, 0.25) is 0 Å². The van der Waals surface area contributed by atoms with E-state index in [4.69, 9.17) is 0 Å². The first kappa shape index (κ1) is 16.3. The molecule has 132 valence electrons. The van der Waals surface area contributed by atoms with Gasteiger partial charge in [-0.15, -0.1) is 10.2 Å². The van der Waals surface area contributed by atoms with Gasteiger partial charge in [0.25, 0.3) is 0 Å². The van der Waals surface area contributed by atoms with Gasteiger partial charge in [0.05, 0.1) is 6.04 Å². The Morgan fingerprint density at radius 2 is 2.16 bits per heavy atom. The number of nitrogens with zero attached hydrogens (tertiary/aromatic N) is 5. The number of anilines is 1. The van der Waals surface area contributed by atoms with Crippen LogP contribution in [-0.2, 0) is 0 Å². The van der Waals surface area contributed by atoms with Gasteiger partial charge in [0.15, 0.2) is 0 Å². The van der Waals surface area contributed by atoms with Crippen molar-refractivity contribution in [2.75, 3.05) is 38.6 Å². The number of carbonyl (C=O) groups is 1. The maximum atomic E-state index is 13.8. The average Bonchev–Trinajstić information content (AvgIpc) is 3.28. The molecule has 3 atom stereocenters. The van der Waals surface area contributed by atoms with Crippen LogP contribution in [0.1, 0.15) is 11.6 Å². The van der Waals surface area contributed by atoms with Gasteiger partial charge in [0.1, 0.15) is 11.3 Å². The molecular weight excluding hydrogens is 341 g/mol. The molecule has 6 nitrogen and oxygen atoms in total. The van der Waals surface area contributed by atoms with Gasteiger partial charge in [-0.05, 0) is 17.7 Å². The molecule has 4 rings (SSSR count). The lowest BCUT2D eigenvalue weighted by Gasteiger charge is -2.31. The first-order chi connectivity index (χ1) is 12.0. The Hall–Kier alpha value is -2.22. The van der Waals surface area contributed by atoms with Gasteiger partial charge in [-0.2, -0.15) is 0 Å². The van der Waals surface area contributed by atoms with Crippen LogP contribution in [0.25, 0.3) is 0 Å². The molecule has 2 aliphatic heterocycles. The Labute approximate surface area is 149 Å². The van der Waals surface area contributed by atoms with Crippen molar-refractivity contribution in [1.29, 1.82) is 0 Å². The Balaban J connectivity index is 1.66. The lowest BCUT2D eigenvalue weighted by atomic mass is 9.89. The number of rotatable bonds is 2. The predicted octanol–water partition coefficient (Wildman–Crippen LogP) is 2.47. The number of fused-ring (bicyclic) bond motifs is 1.